The van der Waals surface area contributed by atoms with Crippen molar-refractivity contribution in [3.05, 3.63) is 0 Å². The van der Waals surface area contributed by atoms with Crippen molar-refractivity contribution in [3.63, 3.8) is 0 Å². The van der Waals surface area contributed by atoms with Gasteiger partial charge in [-0.1, -0.05) is 0 Å². The Labute approximate surface area is 133 Å². The van der Waals surface area contributed by atoms with Crippen LogP contribution in [-0.4, -0.2) is 85.5 Å². The van der Waals surface area contributed by atoms with E-state index in [2.05, 4.69) is 4.90 Å². The van der Waals surface area contributed by atoms with Gasteiger partial charge in [0.2, 0.25) is 5.91 Å². The monoisotopic (exact) mass is 311 g/mol. The average molecular weight is 311 g/mol. The van der Waals surface area contributed by atoms with E-state index in [0.29, 0.717) is 32.7 Å². The summed E-state index contributed by atoms with van der Waals surface area (Å²) in [6, 6.07) is 0. The molecule has 2 fully saturated rings. The van der Waals surface area contributed by atoms with E-state index < -0.39 is 5.60 Å². The fourth-order valence-corrected chi connectivity index (χ4v) is 3.06. The number of nitrogens with zero attached hydrogens (tertiary/aromatic N) is 3. The van der Waals surface area contributed by atoms with Crippen LogP contribution in [0.5, 0.6) is 0 Å². The molecule has 0 saturated carbocycles. The Morgan fingerprint density at radius 1 is 1.27 bits per heavy atom. The molecule has 0 bridgehead atoms. The summed E-state index contributed by atoms with van der Waals surface area (Å²) in [6.07, 6.45) is 3.25. The maximum absolute atomic E-state index is 12.8. The number of likely N-dealkylation sites (N-methyl/N-ethyl adjacent to an activating group) is 1. The van der Waals surface area contributed by atoms with E-state index in [1.54, 1.807) is 0 Å². The lowest BCUT2D eigenvalue weighted by atomic mass is 9.94. The summed E-state index contributed by atoms with van der Waals surface area (Å²) in [5.41, 5.74) is -0.694. The van der Waals surface area contributed by atoms with Crippen molar-refractivity contribution in [2.45, 2.75) is 38.2 Å². The van der Waals surface area contributed by atoms with Crippen LogP contribution in [0.4, 0.5) is 0 Å². The molecule has 0 aliphatic carbocycles. The number of carbonyl (C=O) groups is 2. The van der Waals surface area contributed by atoms with Gasteiger partial charge in [0.15, 0.2) is 0 Å². The fourth-order valence-electron chi connectivity index (χ4n) is 3.06. The molecule has 2 heterocycles. The lowest BCUT2D eigenvalue weighted by Crippen LogP contribution is -2.51. The Kier molecular flexibility index (Phi) is 5.81. The predicted octanol–water partition coefficient (Wildman–Crippen LogP) is 0.568. The number of ether oxygens (including phenoxy) is 1. The van der Waals surface area contributed by atoms with Crippen molar-refractivity contribution in [2.24, 2.45) is 0 Å². The minimum atomic E-state index is -0.694. The molecule has 0 radical (unpaired) electrons. The van der Waals surface area contributed by atoms with Crippen molar-refractivity contribution in [3.8, 4) is 0 Å². The maximum Gasteiger partial charge on any atom is 0.254 e. The molecule has 0 aromatic rings. The topological polar surface area (TPSA) is 53.1 Å². The highest BCUT2D eigenvalue weighted by atomic mass is 16.5. The number of amides is 2. The van der Waals surface area contributed by atoms with Gasteiger partial charge in [-0.05, 0) is 40.3 Å². The van der Waals surface area contributed by atoms with Gasteiger partial charge in [-0.3, -0.25) is 9.59 Å². The van der Waals surface area contributed by atoms with Gasteiger partial charge in [0.1, 0.15) is 5.60 Å². The SMILES string of the molecule is CN(C)CCN1CCN(C(=O)[C@@]2(C)CCCCO2)CCC1=O. The van der Waals surface area contributed by atoms with Crippen LogP contribution in [0.25, 0.3) is 0 Å². The first-order valence-electron chi connectivity index (χ1n) is 8.28. The highest BCUT2D eigenvalue weighted by Crippen LogP contribution is 2.27. The number of carbonyl (C=O) groups excluding carboxylic acids is 2. The third kappa shape index (κ3) is 4.20. The van der Waals surface area contributed by atoms with Crippen molar-refractivity contribution >= 4 is 11.8 Å². The molecule has 2 amide bonds. The molecule has 0 aromatic carbocycles. The lowest BCUT2D eigenvalue weighted by molar-refractivity contribution is -0.161. The van der Waals surface area contributed by atoms with Crippen LogP contribution < -0.4 is 0 Å². The molecule has 1 atom stereocenters. The van der Waals surface area contributed by atoms with Crippen LogP contribution in [0.1, 0.15) is 32.6 Å². The molecule has 2 saturated heterocycles. The van der Waals surface area contributed by atoms with E-state index in [-0.39, 0.29) is 11.8 Å². The maximum atomic E-state index is 12.8. The number of rotatable bonds is 4. The minimum Gasteiger partial charge on any atom is -0.365 e. The van der Waals surface area contributed by atoms with Crippen LogP contribution in [0.2, 0.25) is 0 Å². The highest BCUT2D eigenvalue weighted by molar-refractivity contribution is 5.86. The Morgan fingerprint density at radius 3 is 2.68 bits per heavy atom. The summed E-state index contributed by atoms with van der Waals surface area (Å²) in [7, 11) is 4.00. The van der Waals surface area contributed by atoms with E-state index in [4.69, 9.17) is 4.74 Å². The van der Waals surface area contributed by atoms with Crippen molar-refractivity contribution in [2.75, 3.05) is 53.4 Å². The average Bonchev–Trinajstić information content (AvgIpc) is 2.67. The Bertz CT molecular complexity index is 405. The number of hydrogen-bond donors (Lipinski definition) is 0. The molecule has 126 valence electrons. The van der Waals surface area contributed by atoms with E-state index in [9.17, 15) is 9.59 Å². The molecule has 22 heavy (non-hydrogen) atoms. The molecule has 2 aliphatic heterocycles. The highest BCUT2D eigenvalue weighted by Gasteiger charge is 2.39. The fraction of sp³-hybridized carbons (Fsp3) is 0.875. The molecule has 0 aromatic heterocycles. The van der Waals surface area contributed by atoms with Gasteiger partial charge < -0.3 is 19.4 Å². The quantitative estimate of drug-likeness (QED) is 0.762. The van der Waals surface area contributed by atoms with Gasteiger partial charge in [-0.2, -0.15) is 0 Å². The molecule has 2 aliphatic rings. The minimum absolute atomic E-state index is 0.0504. The summed E-state index contributed by atoms with van der Waals surface area (Å²) < 4.78 is 5.76. The van der Waals surface area contributed by atoms with E-state index >= 15 is 0 Å². The van der Waals surface area contributed by atoms with E-state index in [0.717, 1.165) is 32.4 Å². The van der Waals surface area contributed by atoms with Crippen molar-refractivity contribution in [1.82, 2.24) is 14.7 Å². The van der Waals surface area contributed by atoms with Crippen LogP contribution >= 0.6 is 0 Å². The summed E-state index contributed by atoms with van der Waals surface area (Å²) >= 11 is 0. The first-order chi connectivity index (χ1) is 10.4. The van der Waals surface area contributed by atoms with Crippen LogP contribution in [-0.2, 0) is 14.3 Å². The van der Waals surface area contributed by atoms with Gasteiger partial charge in [0, 0.05) is 45.8 Å². The van der Waals surface area contributed by atoms with Gasteiger partial charge >= 0.3 is 0 Å². The smallest absolute Gasteiger partial charge is 0.254 e. The van der Waals surface area contributed by atoms with Gasteiger partial charge in [0.25, 0.3) is 5.91 Å². The summed E-state index contributed by atoms with van der Waals surface area (Å²) in [4.78, 5) is 30.7. The van der Waals surface area contributed by atoms with Gasteiger partial charge in [0.05, 0.1) is 0 Å². The molecule has 0 N–H and O–H groups in total. The van der Waals surface area contributed by atoms with Gasteiger partial charge in [-0.15, -0.1) is 0 Å². The zero-order valence-corrected chi connectivity index (χ0v) is 14.1. The molecule has 6 heteroatoms. The third-order valence-electron chi connectivity index (χ3n) is 4.61. The Hall–Kier alpha value is -1.14. The first-order valence-corrected chi connectivity index (χ1v) is 8.28. The predicted molar refractivity (Wildman–Crippen MR) is 84.5 cm³/mol. The Balaban J connectivity index is 1.94. The second-order valence-electron chi connectivity index (χ2n) is 6.76. The van der Waals surface area contributed by atoms with Crippen LogP contribution in [0, 0.1) is 0 Å². The van der Waals surface area contributed by atoms with E-state index in [1.165, 1.54) is 0 Å². The second kappa shape index (κ2) is 7.42. The normalized spacial score (nSPS) is 27.2. The van der Waals surface area contributed by atoms with Crippen LogP contribution in [0.3, 0.4) is 0 Å². The molecule has 6 nitrogen and oxygen atoms in total. The summed E-state index contributed by atoms with van der Waals surface area (Å²) in [5.74, 6) is 0.196. The number of hydrogen-bond acceptors (Lipinski definition) is 4. The molecule has 0 unspecified atom stereocenters. The second-order valence-corrected chi connectivity index (χ2v) is 6.76. The molecular weight excluding hydrogens is 282 g/mol. The third-order valence-corrected chi connectivity index (χ3v) is 4.61. The largest absolute Gasteiger partial charge is 0.365 e. The van der Waals surface area contributed by atoms with Crippen molar-refractivity contribution in [1.29, 1.82) is 0 Å². The lowest BCUT2D eigenvalue weighted by Gasteiger charge is -2.36. The summed E-state index contributed by atoms with van der Waals surface area (Å²) in [6.45, 7) is 5.86. The van der Waals surface area contributed by atoms with Crippen molar-refractivity contribution < 1.29 is 14.3 Å². The molecular formula is C16H29N3O3. The standard InChI is InChI=1S/C16H29N3O3/c1-16(7-4-5-13-22-16)15(21)19-8-6-14(20)18(11-12-19)10-9-17(2)3/h4-13H2,1-3H3/t16-/m1/s1. The van der Waals surface area contributed by atoms with Crippen LogP contribution in [0.15, 0.2) is 0 Å². The molecule has 0 spiro atoms. The summed E-state index contributed by atoms with van der Waals surface area (Å²) in [5, 5.41) is 0. The zero-order valence-electron chi connectivity index (χ0n) is 14.1. The van der Waals surface area contributed by atoms with Gasteiger partial charge in [-0.25, -0.2) is 0 Å². The van der Waals surface area contributed by atoms with E-state index in [1.807, 2.05) is 30.8 Å². The zero-order chi connectivity index (χ0) is 16.2. The first kappa shape index (κ1) is 17.2. The Morgan fingerprint density at radius 2 is 2.05 bits per heavy atom. The molecule has 2 rings (SSSR count).